The lowest BCUT2D eigenvalue weighted by Gasteiger charge is -2.25. The van der Waals surface area contributed by atoms with Crippen molar-refractivity contribution >= 4 is 5.91 Å². The summed E-state index contributed by atoms with van der Waals surface area (Å²) in [6, 6.07) is 1.88. The number of nitrogens with zero attached hydrogens (tertiary/aromatic N) is 4. The Morgan fingerprint density at radius 3 is 2.70 bits per heavy atom. The predicted molar refractivity (Wildman–Crippen MR) is 86.8 cm³/mol. The largest absolute Gasteiger partial charge is 0.396 e. The van der Waals surface area contributed by atoms with Crippen LogP contribution in [0.1, 0.15) is 12.6 Å². The Morgan fingerprint density at radius 2 is 2.13 bits per heavy atom. The van der Waals surface area contributed by atoms with Crippen molar-refractivity contribution in [2.24, 2.45) is 11.8 Å². The van der Waals surface area contributed by atoms with Crippen molar-refractivity contribution in [3.8, 4) is 0 Å². The number of likely N-dealkylation sites (tertiary alicyclic amines) is 1. The van der Waals surface area contributed by atoms with Crippen LogP contribution in [0.15, 0.2) is 12.3 Å². The van der Waals surface area contributed by atoms with Gasteiger partial charge in [-0.05, 0) is 25.5 Å². The zero-order chi connectivity index (χ0) is 16.8. The molecule has 0 bridgehead atoms. The molecule has 2 atom stereocenters. The van der Waals surface area contributed by atoms with E-state index in [0.29, 0.717) is 19.6 Å². The average Bonchev–Trinajstić information content (AvgIpc) is 3.12. The molecule has 130 valence electrons. The minimum absolute atomic E-state index is 0.0410. The maximum atomic E-state index is 12.4. The van der Waals surface area contributed by atoms with Gasteiger partial charge in [-0.25, -0.2) is 0 Å². The van der Waals surface area contributed by atoms with Crippen LogP contribution in [0.2, 0.25) is 0 Å². The topological polar surface area (TPSA) is 81.8 Å². The van der Waals surface area contributed by atoms with Crippen molar-refractivity contribution in [3.05, 3.63) is 18.0 Å². The number of aliphatic hydroxyl groups excluding tert-OH is 2. The van der Waals surface area contributed by atoms with Crippen LogP contribution >= 0.6 is 0 Å². The molecule has 7 heteroatoms. The second-order valence-electron chi connectivity index (χ2n) is 6.27. The van der Waals surface area contributed by atoms with Crippen molar-refractivity contribution in [2.75, 3.05) is 45.9 Å². The molecule has 7 nitrogen and oxygen atoms in total. The third kappa shape index (κ3) is 4.76. The zero-order valence-corrected chi connectivity index (χ0v) is 14.1. The summed E-state index contributed by atoms with van der Waals surface area (Å²) in [7, 11) is 0. The van der Waals surface area contributed by atoms with Crippen LogP contribution in [-0.4, -0.2) is 81.6 Å². The monoisotopic (exact) mass is 324 g/mol. The van der Waals surface area contributed by atoms with Crippen LogP contribution < -0.4 is 0 Å². The quantitative estimate of drug-likeness (QED) is 0.678. The number of aryl methyl sites for hydroxylation is 1. The van der Waals surface area contributed by atoms with Gasteiger partial charge in [-0.15, -0.1) is 0 Å². The van der Waals surface area contributed by atoms with E-state index in [0.717, 1.165) is 18.8 Å². The molecule has 2 rings (SSSR count). The van der Waals surface area contributed by atoms with Crippen molar-refractivity contribution < 1.29 is 15.0 Å². The molecule has 0 aromatic carbocycles. The Morgan fingerprint density at radius 1 is 1.39 bits per heavy atom. The van der Waals surface area contributed by atoms with Gasteiger partial charge in [0.2, 0.25) is 5.91 Å². The van der Waals surface area contributed by atoms with Gasteiger partial charge in [0.1, 0.15) is 6.54 Å². The van der Waals surface area contributed by atoms with Gasteiger partial charge in [-0.3, -0.25) is 9.48 Å². The number of hydrogen-bond acceptors (Lipinski definition) is 5. The number of hydrogen-bond donors (Lipinski definition) is 2. The van der Waals surface area contributed by atoms with Gasteiger partial charge < -0.3 is 20.0 Å². The molecule has 1 fully saturated rings. The van der Waals surface area contributed by atoms with Crippen LogP contribution in [0.4, 0.5) is 0 Å². The molecular weight excluding hydrogens is 296 g/mol. The number of carbonyl (C=O) groups is 1. The molecule has 0 spiro atoms. The van der Waals surface area contributed by atoms with Crippen molar-refractivity contribution in [3.63, 3.8) is 0 Å². The fraction of sp³-hybridized carbons (Fsp3) is 0.750. The highest BCUT2D eigenvalue weighted by atomic mass is 16.3. The summed E-state index contributed by atoms with van der Waals surface area (Å²) in [6.45, 7) is 7.96. The summed E-state index contributed by atoms with van der Waals surface area (Å²) in [5.74, 6) is 0.389. The normalized spacial score (nSPS) is 21.3. The molecule has 2 N–H and O–H groups in total. The summed E-state index contributed by atoms with van der Waals surface area (Å²) < 4.78 is 1.66. The molecule has 1 aromatic heterocycles. The van der Waals surface area contributed by atoms with E-state index in [1.165, 1.54) is 0 Å². The Labute approximate surface area is 137 Å². The Bertz CT molecular complexity index is 505. The lowest BCUT2D eigenvalue weighted by Crippen LogP contribution is -2.36. The molecular formula is C16H28N4O3. The van der Waals surface area contributed by atoms with Crippen molar-refractivity contribution in [2.45, 2.75) is 20.4 Å². The van der Waals surface area contributed by atoms with Crippen molar-refractivity contribution in [1.82, 2.24) is 19.6 Å². The first-order valence-corrected chi connectivity index (χ1v) is 8.29. The van der Waals surface area contributed by atoms with Gasteiger partial charge in [-0.1, -0.05) is 6.92 Å². The molecule has 0 aliphatic carbocycles. The molecule has 1 saturated heterocycles. The molecule has 23 heavy (non-hydrogen) atoms. The number of aliphatic hydroxyl groups is 2. The number of carbonyl (C=O) groups excluding carboxylic acids is 1. The van der Waals surface area contributed by atoms with E-state index in [1.807, 2.05) is 24.1 Å². The molecule has 0 unspecified atom stereocenters. The maximum absolute atomic E-state index is 12.4. The zero-order valence-electron chi connectivity index (χ0n) is 14.1. The number of aromatic nitrogens is 2. The first kappa shape index (κ1) is 17.9. The summed E-state index contributed by atoms with van der Waals surface area (Å²) >= 11 is 0. The van der Waals surface area contributed by atoms with Crippen LogP contribution in [0, 0.1) is 18.8 Å². The molecule has 0 radical (unpaired) electrons. The smallest absolute Gasteiger partial charge is 0.244 e. The summed E-state index contributed by atoms with van der Waals surface area (Å²) in [5.41, 5.74) is 0.896. The van der Waals surface area contributed by atoms with Gasteiger partial charge >= 0.3 is 0 Å². The first-order valence-electron chi connectivity index (χ1n) is 8.29. The van der Waals surface area contributed by atoms with Crippen LogP contribution in [-0.2, 0) is 11.3 Å². The van der Waals surface area contributed by atoms with Crippen LogP contribution in [0.3, 0.4) is 0 Å². The van der Waals surface area contributed by atoms with Crippen molar-refractivity contribution in [1.29, 1.82) is 0 Å². The summed E-state index contributed by atoms with van der Waals surface area (Å²) in [6.07, 6.45) is 1.81. The lowest BCUT2D eigenvalue weighted by molar-refractivity contribution is -0.131. The Kier molecular flexibility index (Phi) is 6.56. The molecule has 1 aliphatic heterocycles. The number of rotatable bonds is 8. The second kappa shape index (κ2) is 8.42. The third-order valence-corrected chi connectivity index (χ3v) is 4.59. The van der Waals surface area contributed by atoms with Gasteiger partial charge in [-0.2, -0.15) is 5.10 Å². The summed E-state index contributed by atoms with van der Waals surface area (Å²) in [5, 5.41) is 23.0. The third-order valence-electron chi connectivity index (χ3n) is 4.59. The van der Waals surface area contributed by atoms with E-state index in [9.17, 15) is 9.90 Å². The number of amides is 1. The minimum atomic E-state index is 0.0410. The highest BCUT2D eigenvalue weighted by Gasteiger charge is 2.35. The Hall–Kier alpha value is -1.44. The molecule has 0 saturated carbocycles. The van der Waals surface area contributed by atoms with Gasteiger partial charge in [0, 0.05) is 44.9 Å². The molecule has 1 aromatic rings. The molecule has 2 heterocycles. The standard InChI is InChI=1S/C16H28N4O3/c1-3-18(6-7-21)8-14-9-19(10-15(14)12-22)16(23)11-20-5-4-13(2)17-20/h4-5,14-15,21-22H,3,6-12H2,1-2H3/t14-,15-/m0/s1. The lowest BCUT2D eigenvalue weighted by atomic mass is 9.96. The van der Waals surface area contributed by atoms with Gasteiger partial charge in [0.25, 0.3) is 0 Å². The van der Waals surface area contributed by atoms with E-state index < -0.39 is 0 Å². The van der Waals surface area contributed by atoms with E-state index in [1.54, 1.807) is 4.68 Å². The first-order chi connectivity index (χ1) is 11.1. The van der Waals surface area contributed by atoms with E-state index in [4.69, 9.17) is 5.11 Å². The van der Waals surface area contributed by atoms with E-state index in [2.05, 4.69) is 16.9 Å². The maximum Gasteiger partial charge on any atom is 0.244 e. The van der Waals surface area contributed by atoms with Crippen LogP contribution in [0.25, 0.3) is 0 Å². The second-order valence-corrected chi connectivity index (χ2v) is 6.27. The minimum Gasteiger partial charge on any atom is -0.396 e. The fourth-order valence-electron chi connectivity index (χ4n) is 3.20. The van der Waals surface area contributed by atoms with E-state index >= 15 is 0 Å². The number of likely N-dealkylation sites (N-methyl/N-ethyl adjacent to an activating group) is 1. The predicted octanol–water partition coefficient (Wildman–Crippen LogP) is -0.427. The highest BCUT2D eigenvalue weighted by molar-refractivity contribution is 5.76. The average molecular weight is 324 g/mol. The Balaban J connectivity index is 1.93. The van der Waals surface area contributed by atoms with Crippen LogP contribution in [0.5, 0.6) is 0 Å². The fourth-order valence-corrected chi connectivity index (χ4v) is 3.20. The van der Waals surface area contributed by atoms with Gasteiger partial charge in [0.15, 0.2) is 0 Å². The van der Waals surface area contributed by atoms with Gasteiger partial charge in [0.05, 0.1) is 12.3 Å². The van der Waals surface area contributed by atoms with E-state index in [-0.39, 0.29) is 37.5 Å². The molecule has 1 amide bonds. The molecule has 1 aliphatic rings. The SMILES string of the molecule is CCN(CCO)C[C@H]1CN(C(=O)Cn2ccc(C)n2)C[C@H]1CO. The highest BCUT2D eigenvalue weighted by Crippen LogP contribution is 2.24. The summed E-state index contributed by atoms with van der Waals surface area (Å²) in [4.78, 5) is 16.4.